The van der Waals surface area contributed by atoms with Gasteiger partial charge in [-0.3, -0.25) is 9.69 Å². The van der Waals surface area contributed by atoms with Crippen LogP contribution in [-0.4, -0.2) is 47.9 Å². The molecule has 22 heavy (non-hydrogen) atoms. The first-order valence-electron chi connectivity index (χ1n) is 8.84. The summed E-state index contributed by atoms with van der Waals surface area (Å²) in [4.78, 5) is 17.2. The number of hydrogen-bond acceptors (Lipinski definition) is 2. The third-order valence-corrected chi connectivity index (χ3v) is 5.24. The molecule has 0 unspecified atom stereocenters. The lowest BCUT2D eigenvalue weighted by molar-refractivity contribution is 0.0551. The third kappa shape index (κ3) is 3.70. The van der Waals surface area contributed by atoms with Gasteiger partial charge in [-0.15, -0.1) is 0 Å². The van der Waals surface area contributed by atoms with Crippen molar-refractivity contribution >= 4 is 5.91 Å². The summed E-state index contributed by atoms with van der Waals surface area (Å²) in [5, 5.41) is 0. The fourth-order valence-corrected chi connectivity index (χ4v) is 3.79. The summed E-state index contributed by atoms with van der Waals surface area (Å²) in [6, 6.07) is 8.72. The number of carbonyl (C=O) groups is 1. The summed E-state index contributed by atoms with van der Waals surface area (Å²) in [5.41, 5.74) is 2.03. The zero-order valence-corrected chi connectivity index (χ0v) is 13.8. The molecule has 3 nitrogen and oxygen atoms in total. The van der Waals surface area contributed by atoms with E-state index in [4.69, 9.17) is 0 Å². The topological polar surface area (TPSA) is 23.6 Å². The third-order valence-electron chi connectivity index (χ3n) is 5.24. The first kappa shape index (κ1) is 15.5. The number of amides is 1. The molecule has 0 aromatic heterocycles. The van der Waals surface area contributed by atoms with Gasteiger partial charge in [0.05, 0.1) is 0 Å². The number of nitrogens with zero attached hydrogens (tertiary/aromatic N) is 2. The highest BCUT2D eigenvalue weighted by atomic mass is 16.2. The Bertz CT molecular complexity index is 481. The Labute approximate surface area is 134 Å². The Hall–Kier alpha value is -1.35. The van der Waals surface area contributed by atoms with Crippen molar-refractivity contribution in [2.24, 2.45) is 0 Å². The number of aryl methyl sites for hydroxylation is 1. The minimum absolute atomic E-state index is 0.195. The van der Waals surface area contributed by atoms with Crippen LogP contribution in [0.5, 0.6) is 0 Å². The first-order valence-corrected chi connectivity index (χ1v) is 8.84. The predicted molar refractivity (Wildman–Crippen MR) is 90.1 cm³/mol. The van der Waals surface area contributed by atoms with E-state index in [1.165, 1.54) is 44.1 Å². The maximum absolute atomic E-state index is 12.6. The molecule has 120 valence electrons. The van der Waals surface area contributed by atoms with Gasteiger partial charge in [0, 0.05) is 37.8 Å². The molecule has 1 aromatic rings. The lowest BCUT2D eigenvalue weighted by Gasteiger charge is -2.39. The highest BCUT2D eigenvalue weighted by Crippen LogP contribution is 2.23. The number of benzene rings is 1. The van der Waals surface area contributed by atoms with Gasteiger partial charge in [-0.05, 0) is 31.9 Å². The summed E-state index contributed by atoms with van der Waals surface area (Å²) in [6.45, 7) is 5.90. The molecule has 2 aliphatic rings. The van der Waals surface area contributed by atoms with Crippen LogP contribution < -0.4 is 0 Å². The van der Waals surface area contributed by atoms with Gasteiger partial charge in [0.1, 0.15) is 0 Å². The minimum atomic E-state index is 0.195. The monoisotopic (exact) mass is 300 g/mol. The largest absolute Gasteiger partial charge is 0.336 e. The van der Waals surface area contributed by atoms with Gasteiger partial charge in [-0.1, -0.05) is 43.4 Å². The van der Waals surface area contributed by atoms with Crippen molar-refractivity contribution in [2.45, 2.75) is 51.5 Å². The SMILES string of the molecule is Cc1ccc(C(=O)N2CCN(C3CCCCCC3)CC2)cc1. The van der Waals surface area contributed by atoms with Crippen LogP contribution in [0.1, 0.15) is 54.4 Å². The summed E-state index contributed by atoms with van der Waals surface area (Å²) in [7, 11) is 0. The standard InChI is InChI=1S/C19H28N2O/c1-16-8-10-17(11-9-16)19(22)21-14-12-20(13-15-21)18-6-4-2-3-5-7-18/h8-11,18H,2-7,12-15H2,1H3. The predicted octanol–water partition coefficient (Wildman–Crippen LogP) is 3.48. The first-order chi connectivity index (χ1) is 10.7. The average Bonchev–Trinajstić information content (AvgIpc) is 2.84. The molecule has 0 radical (unpaired) electrons. The van der Waals surface area contributed by atoms with Gasteiger partial charge in [-0.25, -0.2) is 0 Å². The second-order valence-electron chi connectivity index (χ2n) is 6.84. The van der Waals surface area contributed by atoms with Gasteiger partial charge in [-0.2, -0.15) is 0 Å². The van der Waals surface area contributed by atoms with E-state index < -0.39 is 0 Å². The average molecular weight is 300 g/mol. The van der Waals surface area contributed by atoms with Gasteiger partial charge in [0.2, 0.25) is 0 Å². The normalized spacial score (nSPS) is 21.6. The van der Waals surface area contributed by atoms with Crippen molar-refractivity contribution in [1.29, 1.82) is 0 Å². The molecule has 1 saturated heterocycles. The molecule has 0 bridgehead atoms. The minimum Gasteiger partial charge on any atom is -0.336 e. The van der Waals surface area contributed by atoms with Crippen molar-refractivity contribution in [3.8, 4) is 0 Å². The fourth-order valence-electron chi connectivity index (χ4n) is 3.79. The van der Waals surface area contributed by atoms with Crippen LogP contribution in [0.15, 0.2) is 24.3 Å². The van der Waals surface area contributed by atoms with Crippen molar-refractivity contribution in [3.05, 3.63) is 35.4 Å². The van der Waals surface area contributed by atoms with E-state index in [0.29, 0.717) is 0 Å². The van der Waals surface area contributed by atoms with Crippen molar-refractivity contribution in [2.75, 3.05) is 26.2 Å². The van der Waals surface area contributed by atoms with E-state index in [2.05, 4.69) is 11.8 Å². The Morgan fingerprint density at radius 1 is 0.909 bits per heavy atom. The van der Waals surface area contributed by atoms with Crippen LogP contribution in [0, 0.1) is 6.92 Å². The van der Waals surface area contributed by atoms with Crippen LogP contribution in [0.4, 0.5) is 0 Å². The molecule has 1 aromatic carbocycles. The molecule has 0 spiro atoms. The summed E-state index contributed by atoms with van der Waals surface area (Å²) in [6.07, 6.45) is 8.28. The lowest BCUT2D eigenvalue weighted by Crippen LogP contribution is -2.51. The quantitative estimate of drug-likeness (QED) is 0.781. The van der Waals surface area contributed by atoms with Crippen LogP contribution in [-0.2, 0) is 0 Å². The molecular formula is C19H28N2O. The second-order valence-corrected chi connectivity index (χ2v) is 6.84. The van der Waals surface area contributed by atoms with Crippen molar-refractivity contribution in [1.82, 2.24) is 9.80 Å². The smallest absolute Gasteiger partial charge is 0.253 e. The molecule has 3 heteroatoms. The number of hydrogen-bond donors (Lipinski definition) is 0. The Balaban J connectivity index is 1.54. The highest BCUT2D eigenvalue weighted by Gasteiger charge is 2.26. The molecule has 1 aliphatic heterocycles. The Morgan fingerprint density at radius 3 is 2.09 bits per heavy atom. The van der Waals surface area contributed by atoms with Gasteiger partial charge >= 0.3 is 0 Å². The molecule has 0 N–H and O–H groups in total. The van der Waals surface area contributed by atoms with Crippen LogP contribution in [0.2, 0.25) is 0 Å². The van der Waals surface area contributed by atoms with Crippen molar-refractivity contribution in [3.63, 3.8) is 0 Å². The molecule has 0 atom stereocenters. The van der Waals surface area contributed by atoms with E-state index in [-0.39, 0.29) is 5.91 Å². The summed E-state index contributed by atoms with van der Waals surface area (Å²) >= 11 is 0. The Kier molecular flexibility index (Phi) is 5.14. The maximum Gasteiger partial charge on any atom is 0.253 e. The highest BCUT2D eigenvalue weighted by molar-refractivity contribution is 5.94. The summed E-state index contributed by atoms with van der Waals surface area (Å²) < 4.78 is 0. The van der Waals surface area contributed by atoms with E-state index in [1.807, 2.05) is 29.2 Å². The second kappa shape index (κ2) is 7.28. The molecule has 3 rings (SSSR count). The van der Waals surface area contributed by atoms with Crippen molar-refractivity contribution < 1.29 is 4.79 Å². The zero-order valence-electron chi connectivity index (χ0n) is 13.8. The Morgan fingerprint density at radius 2 is 1.50 bits per heavy atom. The molecule has 1 amide bonds. The zero-order chi connectivity index (χ0) is 15.4. The maximum atomic E-state index is 12.6. The van der Waals surface area contributed by atoms with Crippen LogP contribution in [0.25, 0.3) is 0 Å². The van der Waals surface area contributed by atoms with E-state index >= 15 is 0 Å². The lowest BCUT2D eigenvalue weighted by atomic mass is 10.1. The molecule has 1 saturated carbocycles. The molecular weight excluding hydrogens is 272 g/mol. The number of piperazine rings is 1. The molecule has 2 fully saturated rings. The summed E-state index contributed by atoms with van der Waals surface area (Å²) in [5.74, 6) is 0.195. The fraction of sp³-hybridized carbons (Fsp3) is 0.632. The van der Waals surface area contributed by atoms with Gasteiger partial charge < -0.3 is 4.90 Å². The van der Waals surface area contributed by atoms with Crippen LogP contribution >= 0.6 is 0 Å². The van der Waals surface area contributed by atoms with Gasteiger partial charge in [0.15, 0.2) is 0 Å². The van der Waals surface area contributed by atoms with E-state index in [0.717, 1.165) is 37.8 Å². The van der Waals surface area contributed by atoms with E-state index in [1.54, 1.807) is 0 Å². The van der Waals surface area contributed by atoms with Crippen LogP contribution in [0.3, 0.4) is 0 Å². The van der Waals surface area contributed by atoms with Gasteiger partial charge in [0.25, 0.3) is 5.91 Å². The van der Waals surface area contributed by atoms with E-state index in [9.17, 15) is 4.79 Å². The molecule has 1 aliphatic carbocycles. The number of rotatable bonds is 2. The molecule has 1 heterocycles. The number of carbonyl (C=O) groups excluding carboxylic acids is 1.